The van der Waals surface area contributed by atoms with Gasteiger partial charge in [0.2, 0.25) is 0 Å². The summed E-state index contributed by atoms with van der Waals surface area (Å²) in [6, 6.07) is 13.4. The van der Waals surface area contributed by atoms with Crippen LogP contribution in [-0.4, -0.2) is 29.2 Å². The first-order valence-corrected chi connectivity index (χ1v) is 7.72. The number of aromatic nitrogens is 2. The molecule has 0 atom stereocenters. The lowest BCUT2D eigenvalue weighted by molar-refractivity contribution is -0.143. The lowest BCUT2D eigenvalue weighted by Crippen LogP contribution is -2.07. The average molecular weight is 310 g/mol. The van der Waals surface area contributed by atoms with E-state index in [9.17, 15) is 4.79 Å². The summed E-state index contributed by atoms with van der Waals surface area (Å²) >= 11 is 0. The lowest BCUT2D eigenvalue weighted by atomic mass is 10.2. The Morgan fingerprint density at radius 2 is 1.74 bits per heavy atom. The minimum atomic E-state index is -0.195. The van der Waals surface area contributed by atoms with Crippen molar-refractivity contribution < 1.29 is 14.3 Å². The van der Waals surface area contributed by atoms with E-state index >= 15 is 0 Å². The van der Waals surface area contributed by atoms with E-state index in [0.717, 1.165) is 22.1 Å². The number of carbonyl (C=O) groups is 1. The summed E-state index contributed by atoms with van der Waals surface area (Å²) in [5.74, 6) is 0.490. The van der Waals surface area contributed by atoms with Crippen LogP contribution in [0.1, 0.15) is 19.8 Å². The molecule has 1 heterocycles. The zero-order chi connectivity index (χ0) is 16.1. The Bertz CT molecular complexity index is 833. The summed E-state index contributed by atoms with van der Waals surface area (Å²) in [4.78, 5) is 20.6. The highest BCUT2D eigenvalue weighted by molar-refractivity contribution is 5.89. The molecule has 3 rings (SSSR count). The number of nitrogens with zero attached hydrogens (tertiary/aromatic N) is 2. The van der Waals surface area contributed by atoms with Gasteiger partial charge in [-0.3, -0.25) is 4.79 Å². The Balaban J connectivity index is 1.75. The van der Waals surface area contributed by atoms with E-state index in [0.29, 0.717) is 31.8 Å². The summed E-state index contributed by atoms with van der Waals surface area (Å²) in [5.41, 5.74) is 3.23. The SMILES string of the molecule is CCOC(=O)CCCOc1cccc2nc3ccccc3nc12. The van der Waals surface area contributed by atoms with Crippen molar-refractivity contribution in [2.24, 2.45) is 0 Å². The number of fused-ring (bicyclic) bond motifs is 2. The fraction of sp³-hybridized carbons (Fsp3) is 0.278. The molecule has 2 aromatic carbocycles. The zero-order valence-corrected chi connectivity index (χ0v) is 13.0. The van der Waals surface area contributed by atoms with Crippen LogP contribution in [0, 0.1) is 0 Å². The van der Waals surface area contributed by atoms with Crippen LogP contribution in [-0.2, 0) is 9.53 Å². The minimum absolute atomic E-state index is 0.195. The third kappa shape index (κ3) is 3.56. The van der Waals surface area contributed by atoms with Gasteiger partial charge in [-0.15, -0.1) is 0 Å². The van der Waals surface area contributed by atoms with E-state index in [1.165, 1.54) is 0 Å². The summed E-state index contributed by atoms with van der Waals surface area (Å²) in [5, 5.41) is 0. The molecule has 5 nitrogen and oxygen atoms in total. The maximum Gasteiger partial charge on any atom is 0.305 e. The smallest absolute Gasteiger partial charge is 0.305 e. The van der Waals surface area contributed by atoms with E-state index in [1.54, 1.807) is 6.92 Å². The monoisotopic (exact) mass is 310 g/mol. The van der Waals surface area contributed by atoms with Gasteiger partial charge in [0.15, 0.2) is 0 Å². The van der Waals surface area contributed by atoms with Gasteiger partial charge in [0.05, 0.1) is 29.8 Å². The van der Waals surface area contributed by atoms with Gasteiger partial charge >= 0.3 is 5.97 Å². The maximum absolute atomic E-state index is 11.3. The molecule has 0 saturated carbocycles. The van der Waals surface area contributed by atoms with Gasteiger partial charge in [-0.25, -0.2) is 9.97 Å². The van der Waals surface area contributed by atoms with Crippen LogP contribution in [0.4, 0.5) is 0 Å². The highest BCUT2D eigenvalue weighted by Gasteiger charge is 2.07. The molecular formula is C18H18N2O3. The Morgan fingerprint density at radius 3 is 2.52 bits per heavy atom. The fourth-order valence-electron chi connectivity index (χ4n) is 2.37. The van der Waals surface area contributed by atoms with Crippen LogP contribution < -0.4 is 4.74 Å². The second-order valence-corrected chi connectivity index (χ2v) is 5.09. The normalized spacial score (nSPS) is 10.8. The first kappa shape index (κ1) is 15.2. The largest absolute Gasteiger partial charge is 0.491 e. The lowest BCUT2D eigenvalue weighted by Gasteiger charge is -2.09. The standard InChI is InChI=1S/C18H18N2O3/c1-2-22-17(21)11-6-12-23-16-10-5-9-15-18(16)20-14-8-4-3-7-13(14)19-15/h3-5,7-10H,2,6,11-12H2,1H3. The highest BCUT2D eigenvalue weighted by atomic mass is 16.5. The van der Waals surface area contributed by atoms with E-state index < -0.39 is 0 Å². The van der Waals surface area contributed by atoms with Crippen molar-refractivity contribution in [2.45, 2.75) is 19.8 Å². The van der Waals surface area contributed by atoms with Gasteiger partial charge < -0.3 is 9.47 Å². The summed E-state index contributed by atoms with van der Waals surface area (Å²) in [6.07, 6.45) is 0.962. The summed E-state index contributed by atoms with van der Waals surface area (Å²) < 4.78 is 10.7. The van der Waals surface area contributed by atoms with Crippen LogP contribution in [0.2, 0.25) is 0 Å². The van der Waals surface area contributed by atoms with Crippen LogP contribution in [0.5, 0.6) is 5.75 Å². The van der Waals surface area contributed by atoms with Crippen LogP contribution >= 0.6 is 0 Å². The van der Waals surface area contributed by atoms with E-state index in [4.69, 9.17) is 9.47 Å². The number of hydrogen-bond donors (Lipinski definition) is 0. The molecule has 0 bridgehead atoms. The second-order valence-electron chi connectivity index (χ2n) is 5.09. The molecule has 0 unspecified atom stereocenters. The average Bonchev–Trinajstić information content (AvgIpc) is 2.57. The molecule has 0 N–H and O–H groups in total. The molecule has 3 aromatic rings. The molecule has 0 aliphatic rings. The topological polar surface area (TPSA) is 61.3 Å². The summed E-state index contributed by atoms with van der Waals surface area (Å²) in [7, 11) is 0. The Labute approximate surface area is 134 Å². The number of benzene rings is 2. The Hall–Kier alpha value is -2.69. The number of esters is 1. The number of carbonyl (C=O) groups excluding carboxylic acids is 1. The molecule has 1 aromatic heterocycles. The molecule has 5 heteroatoms. The van der Waals surface area contributed by atoms with Crippen molar-refractivity contribution in [3.63, 3.8) is 0 Å². The van der Waals surface area contributed by atoms with Crippen LogP contribution in [0.25, 0.3) is 22.1 Å². The van der Waals surface area contributed by atoms with E-state index in [1.807, 2.05) is 42.5 Å². The Kier molecular flexibility index (Phi) is 4.66. The highest BCUT2D eigenvalue weighted by Crippen LogP contribution is 2.24. The maximum atomic E-state index is 11.3. The van der Waals surface area contributed by atoms with Crippen LogP contribution in [0.15, 0.2) is 42.5 Å². The van der Waals surface area contributed by atoms with Gasteiger partial charge in [0.1, 0.15) is 11.3 Å². The fourth-order valence-corrected chi connectivity index (χ4v) is 2.37. The van der Waals surface area contributed by atoms with Gasteiger partial charge in [-0.1, -0.05) is 18.2 Å². The van der Waals surface area contributed by atoms with Crippen molar-refractivity contribution in [3.05, 3.63) is 42.5 Å². The quantitative estimate of drug-likeness (QED) is 0.396. The molecular weight excluding hydrogens is 292 g/mol. The first-order valence-electron chi connectivity index (χ1n) is 7.72. The number of para-hydroxylation sites is 3. The predicted octanol–water partition coefficient (Wildman–Crippen LogP) is 3.51. The molecule has 0 saturated heterocycles. The van der Waals surface area contributed by atoms with E-state index in [2.05, 4.69) is 9.97 Å². The number of ether oxygens (including phenoxy) is 2. The molecule has 23 heavy (non-hydrogen) atoms. The Morgan fingerprint density at radius 1 is 1.00 bits per heavy atom. The number of hydrogen-bond acceptors (Lipinski definition) is 5. The van der Waals surface area contributed by atoms with Gasteiger partial charge in [0.25, 0.3) is 0 Å². The molecule has 0 fully saturated rings. The predicted molar refractivity (Wildman–Crippen MR) is 88.4 cm³/mol. The third-order valence-electron chi connectivity index (χ3n) is 3.42. The third-order valence-corrected chi connectivity index (χ3v) is 3.42. The molecule has 0 amide bonds. The first-order chi connectivity index (χ1) is 11.3. The van der Waals surface area contributed by atoms with Crippen molar-refractivity contribution >= 4 is 28.0 Å². The summed E-state index contributed by atoms with van der Waals surface area (Å²) in [6.45, 7) is 2.64. The van der Waals surface area contributed by atoms with Gasteiger partial charge in [-0.05, 0) is 37.6 Å². The molecule has 118 valence electrons. The van der Waals surface area contributed by atoms with Gasteiger partial charge in [-0.2, -0.15) is 0 Å². The van der Waals surface area contributed by atoms with Crippen molar-refractivity contribution in [3.8, 4) is 5.75 Å². The van der Waals surface area contributed by atoms with Crippen molar-refractivity contribution in [2.75, 3.05) is 13.2 Å². The van der Waals surface area contributed by atoms with Gasteiger partial charge in [0, 0.05) is 6.42 Å². The van der Waals surface area contributed by atoms with E-state index in [-0.39, 0.29) is 5.97 Å². The molecule has 0 spiro atoms. The van der Waals surface area contributed by atoms with Crippen LogP contribution in [0.3, 0.4) is 0 Å². The second kappa shape index (κ2) is 7.05. The molecule has 0 aliphatic carbocycles. The molecule has 0 aliphatic heterocycles. The molecule has 0 radical (unpaired) electrons. The minimum Gasteiger partial charge on any atom is -0.491 e. The number of rotatable bonds is 6. The van der Waals surface area contributed by atoms with Crippen molar-refractivity contribution in [1.82, 2.24) is 9.97 Å². The van der Waals surface area contributed by atoms with Crippen molar-refractivity contribution in [1.29, 1.82) is 0 Å². The zero-order valence-electron chi connectivity index (χ0n) is 13.0.